The lowest BCUT2D eigenvalue weighted by atomic mass is 10.1. The molecule has 0 aliphatic carbocycles. The van der Waals surface area contributed by atoms with Crippen LogP contribution in [0.2, 0.25) is 0 Å². The minimum absolute atomic E-state index is 0.205. The largest absolute Gasteiger partial charge is 0.354 e. The van der Waals surface area contributed by atoms with E-state index in [-0.39, 0.29) is 24.9 Å². The van der Waals surface area contributed by atoms with Crippen LogP contribution in [0.25, 0.3) is 0 Å². The SMILES string of the molecule is CC[C@H](C(=O)NCC(C)C)N(Cc1ccc(C)cc1)C(=O)CN(c1ccc(I)cc1)S(C)(=O)=O. The van der Waals surface area contributed by atoms with Crippen molar-refractivity contribution in [3.8, 4) is 0 Å². The van der Waals surface area contributed by atoms with Crippen molar-refractivity contribution in [3.63, 3.8) is 0 Å². The van der Waals surface area contributed by atoms with Crippen LogP contribution >= 0.6 is 22.6 Å². The number of rotatable bonds is 11. The van der Waals surface area contributed by atoms with Crippen molar-refractivity contribution in [2.75, 3.05) is 23.7 Å². The van der Waals surface area contributed by atoms with E-state index in [2.05, 4.69) is 27.9 Å². The van der Waals surface area contributed by atoms with Crippen molar-refractivity contribution in [2.45, 2.75) is 46.7 Å². The van der Waals surface area contributed by atoms with Gasteiger partial charge in [0.15, 0.2) is 0 Å². The summed E-state index contributed by atoms with van der Waals surface area (Å²) >= 11 is 2.14. The normalized spacial score (nSPS) is 12.3. The van der Waals surface area contributed by atoms with Gasteiger partial charge in [-0.1, -0.05) is 50.6 Å². The monoisotopic (exact) mass is 599 g/mol. The van der Waals surface area contributed by atoms with Crippen molar-refractivity contribution < 1.29 is 18.0 Å². The van der Waals surface area contributed by atoms with Gasteiger partial charge in [-0.3, -0.25) is 13.9 Å². The van der Waals surface area contributed by atoms with E-state index in [0.29, 0.717) is 18.7 Å². The molecule has 0 saturated heterocycles. The Balaban J connectivity index is 2.39. The van der Waals surface area contributed by atoms with Gasteiger partial charge in [0.2, 0.25) is 21.8 Å². The van der Waals surface area contributed by atoms with Crippen LogP contribution in [0.4, 0.5) is 5.69 Å². The summed E-state index contributed by atoms with van der Waals surface area (Å²) in [5.74, 6) is -0.405. The van der Waals surface area contributed by atoms with E-state index in [0.717, 1.165) is 25.3 Å². The Bertz CT molecular complexity index is 1070. The molecule has 9 heteroatoms. The van der Waals surface area contributed by atoms with Crippen molar-refractivity contribution in [2.24, 2.45) is 5.92 Å². The van der Waals surface area contributed by atoms with Gasteiger partial charge in [0, 0.05) is 16.7 Å². The summed E-state index contributed by atoms with van der Waals surface area (Å²) < 4.78 is 27.2. The lowest BCUT2D eigenvalue weighted by Gasteiger charge is -2.33. The number of sulfonamides is 1. The molecule has 0 spiro atoms. The minimum atomic E-state index is -3.73. The maximum absolute atomic E-state index is 13.6. The average Bonchev–Trinajstić information content (AvgIpc) is 2.77. The highest BCUT2D eigenvalue weighted by atomic mass is 127. The zero-order chi connectivity index (χ0) is 25.5. The number of anilines is 1. The molecule has 34 heavy (non-hydrogen) atoms. The lowest BCUT2D eigenvalue weighted by Crippen LogP contribution is -2.52. The van der Waals surface area contributed by atoms with Crippen LogP contribution in [0.1, 0.15) is 38.3 Å². The van der Waals surface area contributed by atoms with E-state index < -0.39 is 22.0 Å². The fraction of sp³-hybridized carbons (Fsp3) is 0.440. The minimum Gasteiger partial charge on any atom is -0.354 e. The molecule has 0 saturated carbocycles. The predicted octanol–water partition coefficient (Wildman–Crippen LogP) is 3.95. The van der Waals surface area contributed by atoms with Crippen molar-refractivity contribution in [1.29, 1.82) is 0 Å². The zero-order valence-corrected chi connectivity index (χ0v) is 23.4. The smallest absolute Gasteiger partial charge is 0.244 e. The van der Waals surface area contributed by atoms with Gasteiger partial charge >= 0.3 is 0 Å². The van der Waals surface area contributed by atoms with Crippen LogP contribution in [-0.4, -0.2) is 50.5 Å². The number of hydrogen-bond donors (Lipinski definition) is 1. The molecule has 0 radical (unpaired) electrons. The first-order valence-electron chi connectivity index (χ1n) is 11.3. The maximum atomic E-state index is 13.6. The number of nitrogens with zero attached hydrogens (tertiary/aromatic N) is 2. The second-order valence-electron chi connectivity index (χ2n) is 8.82. The summed E-state index contributed by atoms with van der Waals surface area (Å²) in [6.45, 7) is 8.15. The highest BCUT2D eigenvalue weighted by Gasteiger charge is 2.31. The molecular weight excluding hydrogens is 565 g/mol. The fourth-order valence-electron chi connectivity index (χ4n) is 3.45. The van der Waals surface area contributed by atoms with Crippen molar-refractivity contribution >= 4 is 50.1 Å². The molecule has 0 unspecified atom stereocenters. The number of benzene rings is 2. The molecule has 0 bridgehead atoms. The second-order valence-corrected chi connectivity index (χ2v) is 12.0. The molecule has 2 aromatic carbocycles. The number of aryl methyl sites for hydroxylation is 1. The van der Waals surface area contributed by atoms with Gasteiger partial charge in [0.05, 0.1) is 11.9 Å². The highest BCUT2D eigenvalue weighted by molar-refractivity contribution is 14.1. The summed E-state index contributed by atoms with van der Waals surface area (Å²) in [5, 5.41) is 2.92. The van der Waals surface area contributed by atoms with E-state index >= 15 is 0 Å². The van der Waals surface area contributed by atoms with Gasteiger partial charge in [-0.2, -0.15) is 0 Å². The molecule has 7 nitrogen and oxygen atoms in total. The van der Waals surface area contributed by atoms with Gasteiger partial charge in [-0.15, -0.1) is 0 Å². The van der Waals surface area contributed by atoms with Gasteiger partial charge in [0.1, 0.15) is 12.6 Å². The fourth-order valence-corrected chi connectivity index (χ4v) is 4.66. The Labute approximate surface area is 217 Å². The average molecular weight is 600 g/mol. The topological polar surface area (TPSA) is 86.8 Å². The number of carbonyl (C=O) groups excluding carboxylic acids is 2. The van der Waals surface area contributed by atoms with Crippen LogP contribution in [0, 0.1) is 16.4 Å². The van der Waals surface area contributed by atoms with Gasteiger partial charge < -0.3 is 10.2 Å². The summed E-state index contributed by atoms with van der Waals surface area (Å²) in [5.41, 5.74) is 2.36. The lowest BCUT2D eigenvalue weighted by molar-refractivity contribution is -0.140. The molecule has 0 aliphatic rings. The van der Waals surface area contributed by atoms with E-state index in [9.17, 15) is 18.0 Å². The number of carbonyl (C=O) groups is 2. The zero-order valence-electron chi connectivity index (χ0n) is 20.4. The van der Waals surface area contributed by atoms with E-state index in [1.54, 1.807) is 24.3 Å². The van der Waals surface area contributed by atoms with Crippen molar-refractivity contribution in [3.05, 3.63) is 63.2 Å². The van der Waals surface area contributed by atoms with Crippen LogP contribution < -0.4 is 9.62 Å². The number of nitrogens with one attached hydrogen (secondary N) is 1. The first-order chi connectivity index (χ1) is 15.9. The summed E-state index contributed by atoms with van der Waals surface area (Å²) in [6, 6.07) is 13.9. The Kier molecular flexibility index (Phi) is 10.4. The molecule has 0 aromatic heterocycles. The summed E-state index contributed by atoms with van der Waals surface area (Å²) in [4.78, 5) is 28.1. The summed E-state index contributed by atoms with van der Waals surface area (Å²) in [6.07, 6.45) is 1.49. The van der Waals surface area contributed by atoms with Crippen LogP contribution in [0.5, 0.6) is 0 Å². The molecule has 186 valence electrons. The number of halogens is 1. The van der Waals surface area contributed by atoms with Gasteiger partial charge in [-0.25, -0.2) is 8.42 Å². The quantitative estimate of drug-likeness (QED) is 0.397. The first kappa shape index (κ1) is 28.1. The third-order valence-corrected chi connectivity index (χ3v) is 7.20. The van der Waals surface area contributed by atoms with Crippen molar-refractivity contribution in [1.82, 2.24) is 10.2 Å². The van der Waals surface area contributed by atoms with Gasteiger partial charge in [-0.05, 0) is 71.7 Å². The maximum Gasteiger partial charge on any atom is 0.244 e. The van der Waals surface area contributed by atoms with E-state index in [1.807, 2.05) is 52.0 Å². The Morgan fingerprint density at radius 1 is 1.03 bits per heavy atom. The van der Waals surface area contributed by atoms with Crippen LogP contribution in [0.3, 0.4) is 0 Å². The standard InChI is InChI=1S/C25H34IN3O4S/c1-6-23(25(31)27-15-18(2)3)28(16-20-9-7-19(4)8-10-20)24(30)17-29(34(5,32)33)22-13-11-21(26)12-14-22/h7-14,18,23H,6,15-17H2,1-5H3,(H,27,31)/t23-/m1/s1. The second kappa shape index (κ2) is 12.5. The predicted molar refractivity (Wildman–Crippen MR) is 145 cm³/mol. The molecule has 2 aromatic rings. The van der Waals surface area contributed by atoms with Gasteiger partial charge in [0.25, 0.3) is 0 Å². The Morgan fingerprint density at radius 2 is 1.62 bits per heavy atom. The molecule has 2 rings (SSSR count). The van der Waals surface area contributed by atoms with E-state index in [4.69, 9.17) is 0 Å². The molecule has 0 aliphatic heterocycles. The van der Waals surface area contributed by atoms with Crippen LogP contribution in [0.15, 0.2) is 48.5 Å². The number of amides is 2. The van der Waals surface area contributed by atoms with E-state index in [1.165, 1.54) is 4.90 Å². The molecule has 0 fully saturated rings. The molecular formula is C25H34IN3O4S. The Hall–Kier alpha value is -2.14. The molecule has 1 N–H and O–H groups in total. The third-order valence-electron chi connectivity index (χ3n) is 5.34. The molecule has 2 amide bonds. The summed E-state index contributed by atoms with van der Waals surface area (Å²) in [7, 11) is -3.73. The molecule has 1 atom stereocenters. The highest BCUT2D eigenvalue weighted by Crippen LogP contribution is 2.21. The third kappa shape index (κ3) is 8.26. The molecule has 0 heterocycles. The first-order valence-corrected chi connectivity index (χ1v) is 14.2. The Morgan fingerprint density at radius 3 is 2.12 bits per heavy atom. The van der Waals surface area contributed by atoms with Crippen LogP contribution in [-0.2, 0) is 26.2 Å². The number of hydrogen-bond acceptors (Lipinski definition) is 4.